The fourth-order valence-electron chi connectivity index (χ4n) is 2.37. The molecule has 12 N–H and O–H groups in total. The van der Waals surface area contributed by atoms with E-state index in [1.54, 1.807) is 0 Å². The second kappa shape index (κ2) is 14.5. The highest BCUT2D eigenvalue weighted by atomic mass is 16.4. The maximum absolute atomic E-state index is 12.3. The number of nitrogens with two attached hydrogens (primary N) is 3. The number of hydrogen-bond acceptors (Lipinski definition) is 8. The summed E-state index contributed by atoms with van der Waals surface area (Å²) in [7, 11) is 0. The molecule has 0 saturated carbocycles. The van der Waals surface area contributed by atoms with Gasteiger partial charge in [0.15, 0.2) is 12.0 Å². The summed E-state index contributed by atoms with van der Waals surface area (Å²) in [5, 5.41) is 33.9. The largest absolute Gasteiger partial charge is 0.481 e. The summed E-state index contributed by atoms with van der Waals surface area (Å²) in [5.74, 6) is -5.34. The van der Waals surface area contributed by atoms with Crippen LogP contribution in [0.15, 0.2) is 4.99 Å². The number of aliphatic carboxylic acids is 2. The molecular weight excluding hydrogens is 430 g/mol. The Balaban J connectivity index is 4.81. The molecule has 0 rings (SSSR count). The molecule has 0 saturated heterocycles. The SMILES string of the molecule is CC(O)C(NC(=O)C(CCC(=O)O)NC(=O)CNC(=O)C(N)CCCN=C(N)N)C(=O)O. The number of guanidine groups is 1. The summed E-state index contributed by atoms with van der Waals surface area (Å²) in [6.07, 6.45) is -1.64. The lowest BCUT2D eigenvalue weighted by Gasteiger charge is -2.22. The molecule has 0 aliphatic carbocycles. The minimum absolute atomic E-state index is 0.0932. The fourth-order valence-corrected chi connectivity index (χ4v) is 2.37. The summed E-state index contributed by atoms with van der Waals surface area (Å²) in [6.45, 7) is 0.851. The topological polar surface area (TPSA) is 273 Å². The van der Waals surface area contributed by atoms with Gasteiger partial charge >= 0.3 is 11.9 Å². The van der Waals surface area contributed by atoms with Gasteiger partial charge < -0.3 is 48.5 Å². The first-order valence-corrected chi connectivity index (χ1v) is 9.66. The molecule has 0 aliphatic heterocycles. The Kier molecular flexibility index (Phi) is 13.0. The summed E-state index contributed by atoms with van der Waals surface area (Å²) >= 11 is 0. The molecule has 4 atom stereocenters. The van der Waals surface area contributed by atoms with Crippen molar-refractivity contribution in [1.82, 2.24) is 16.0 Å². The summed E-state index contributed by atoms with van der Waals surface area (Å²) in [4.78, 5) is 62.1. The van der Waals surface area contributed by atoms with Crippen molar-refractivity contribution < 1.29 is 39.3 Å². The molecule has 32 heavy (non-hydrogen) atoms. The van der Waals surface area contributed by atoms with Crippen LogP contribution in [-0.2, 0) is 24.0 Å². The number of carboxylic acids is 2. The van der Waals surface area contributed by atoms with E-state index in [-0.39, 0.29) is 25.3 Å². The predicted molar refractivity (Wildman–Crippen MR) is 111 cm³/mol. The number of hydrogen-bond donors (Lipinski definition) is 9. The van der Waals surface area contributed by atoms with Crippen molar-refractivity contribution in [2.45, 2.75) is 56.8 Å². The lowest BCUT2D eigenvalue weighted by atomic mass is 10.1. The first-order valence-electron chi connectivity index (χ1n) is 9.66. The molecular formula is C17H31N7O8. The minimum atomic E-state index is -1.66. The van der Waals surface area contributed by atoms with Crippen molar-refractivity contribution in [3.05, 3.63) is 0 Å². The maximum atomic E-state index is 12.3. The van der Waals surface area contributed by atoms with Gasteiger partial charge in [0.2, 0.25) is 17.7 Å². The van der Waals surface area contributed by atoms with Crippen molar-refractivity contribution in [3.8, 4) is 0 Å². The third-order valence-corrected chi connectivity index (χ3v) is 4.07. The van der Waals surface area contributed by atoms with E-state index in [2.05, 4.69) is 15.6 Å². The summed E-state index contributed by atoms with van der Waals surface area (Å²) in [6, 6.07) is -4.02. The second-order valence-electron chi connectivity index (χ2n) is 6.89. The summed E-state index contributed by atoms with van der Waals surface area (Å²) < 4.78 is 0. The molecule has 3 amide bonds. The first kappa shape index (κ1) is 28.5. The Morgan fingerprint density at radius 3 is 2.12 bits per heavy atom. The average molecular weight is 461 g/mol. The van der Waals surface area contributed by atoms with Crippen LogP contribution >= 0.6 is 0 Å². The van der Waals surface area contributed by atoms with Crippen molar-refractivity contribution in [3.63, 3.8) is 0 Å². The van der Waals surface area contributed by atoms with Crippen LogP contribution in [-0.4, -0.2) is 88.3 Å². The molecule has 182 valence electrons. The van der Waals surface area contributed by atoms with Gasteiger partial charge in [-0.2, -0.15) is 0 Å². The Bertz CT molecular complexity index is 709. The van der Waals surface area contributed by atoms with Crippen LogP contribution < -0.4 is 33.2 Å². The number of aliphatic hydroxyl groups is 1. The third kappa shape index (κ3) is 12.3. The van der Waals surface area contributed by atoms with E-state index < -0.39 is 66.9 Å². The van der Waals surface area contributed by atoms with Crippen LogP contribution in [0.25, 0.3) is 0 Å². The third-order valence-electron chi connectivity index (χ3n) is 4.07. The van der Waals surface area contributed by atoms with E-state index in [0.29, 0.717) is 6.42 Å². The van der Waals surface area contributed by atoms with Gasteiger partial charge in [-0.15, -0.1) is 0 Å². The number of nitrogens with zero attached hydrogens (tertiary/aromatic N) is 1. The van der Waals surface area contributed by atoms with Crippen LogP contribution in [0.2, 0.25) is 0 Å². The molecule has 0 spiro atoms. The molecule has 0 bridgehead atoms. The number of aliphatic imine (C=N–C) groups is 1. The lowest BCUT2D eigenvalue weighted by Crippen LogP contribution is -2.56. The lowest BCUT2D eigenvalue weighted by molar-refractivity contribution is -0.145. The zero-order valence-corrected chi connectivity index (χ0v) is 17.6. The second-order valence-corrected chi connectivity index (χ2v) is 6.89. The molecule has 0 aromatic heterocycles. The Morgan fingerprint density at radius 2 is 1.62 bits per heavy atom. The van der Waals surface area contributed by atoms with E-state index >= 15 is 0 Å². The van der Waals surface area contributed by atoms with Crippen molar-refractivity contribution in [1.29, 1.82) is 0 Å². The quantitative estimate of drug-likeness (QED) is 0.0640. The maximum Gasteiger partial charge on any atom is 0.328 e. The Hall–Kier alpha value is -3.46. The normalized spacial score (nSPS) is 14.2. The number of aliphatic hydroxyl groups excluding tert-OH is 1. The van der Waals surface area contributed by atoms with Gasteiger partial charge in [0.1, 0.15) is 6.04 Å². The van der Waals surface area contributed by atoms with E-state index in [1.165, 1.54) is 0 Å². The molecule has 4 unspecified atom stereocenters. The standard InChI is InChI=1S/C17H31N7O8/c1-8(25)13(16(31)32)24-15(30)10(4-5-12(27)28)23-11(26)7-22-14(29)9(18)3-2-6-21-17(19)20/h8-10,13,25H,2-7,18H2,1H3,(H,22,29)(H,23,26)(H,24,30)(H,27,28)(H,31,32)(H4,19,20,21). The molecule has 0 aromatic carbocycles. The van der Waals surface area contributed by atoms with E-state index in [4.69, 9.17) is 27.4 Å². The fraction of sp³-hybridized carbons (Fsp3) is 0.647. The zero-order chi connectivity index (χ0) is 24.8. The van der Waals surface area contributed by atoms with Gasteiger partial charge in [0.25, 0.3) is 0 Å². The molecule has 15 heteroatoms. The Labute approximate surface area is 183 Å². The van der Waals surface area contributed by atoms with Crippen LogP contribution in [0.4, 0.5) is 0 Å². The van der Waals surface area contributed by atoms with Gasteiger partial charge in [-0.05, 0) is 26.2 Å². The molecule has 0 fully saturated rings. The highest BCUT2D eigenvalue weighted by molar-refractivity contribution is 5.92. The van der Waals surface area contributed by atoms with Crippen molar-refractivity contribution in [2.75, 3.05) is 13.1 Å². The van der Waals surface area contributed by atoms with Gasteiger partial charge in [-0.25, -0.2) is 4.79 Å². The highest BCUT2D eigenvalue weighted by Crippen LogP contribution is 2.02. The van der Waals surface area contributed by atoms with E-state index in [9.17, 15) is 29.1 Å². The number of carbonyl (C=O) groups excluding carboxylic acids is 3. The molecule has 15 nitrogen and oxygen atoms in total. The molecule has 0 heterocycles. The Morgan fingerprint density at radius 1 is 1.00 bits per heavy atom. The predicted octanol–water partition coefficient (Wildman–Crippen LogP) is -4.22. The first-order chi connectivity index (χ1) is 14.8. The van der Waals surface area contributed by atoms with E-state index in [1.807, 2.05) is 5.32 Å². The molecule has 0 aromatic rings. The number of nitrogens with one attached hydrogen (secondary N) is 3. The zero-order valence-electron chi connectivity index (χ0n) is 17.6. The number of rotatable bonds is 15. The molecule has 0 radical (unpaired) electrons. The van der Waals surface area contributed by atoms with Crippen LogP contribution in [0.3, 0.4) is 0 Å². The number of amides is 3. The van der Waals surface area contributed by atoms with Gasteiger partial charge in [0.05, 0.1) is 18.7 Å². The van der Waals surface area contributed by atoms with Gasteiger partial charge in [-0.3, -0.25) is 24.2 Å². The highest BCUT2D eigenvalue weighted by Gasteiger charge is 2.29. The molecule has 0 aliphatic rings. The van der Waals surface area contributed by atoms with Crippen molar-refractivity contribution in [2.24, 2.45) is 22.2 Å². The van der Waals surface area contributed by atoms with E-state index in [0.717, 1.165) is 6.92 Å². The van der Waals surface area contributed by atoms with Gasteiger partial charge in [0, 0.05) is 13.0 Å². The van der Waals surface area contributed by atoms with Crippen LogP contribution in [0.5, 0.6) is 0 Å². The average Bonchev–Trinajstić information content (AvgIpc) is 2.69. The smallest absolute Gasteiger partial charge is 0.328 e. The number of carboxylic acid groups (broad SMARTS) is 2. The minimum Gasteiger partial charge on any atom is -0.481 e. The van der Waals surface area contributed by atoms with Gasteiger partial charge in [-0.1, -0.05) is 0 Å². The van der Waals surface area contributed by atoms with Crippen molar-refractivity contribution >= 4 is 35.6 Å². The number of carbonyl (C=O) groups is 5. The monoisotopic (exact) mass is 461 g/mol. The van der Waals surface area contributed by atoms with Crippen LogP contribution in [0, 0.1) is 0 Å². The summed E-state index contributed by atoms with van der Waals surface area (Å²) in [5.41, 5.74) is 16.0. The van der Waals surface area contributed by atoms with Crippen LogP contribution in [0.1, 0.15) is 32.6 Å².